The number of aromatic nitrogens is 1. The molecule has 1 aromatic heterocycles. The first-order valence-electron chi connectivity index (χ1n) is 7.07. The van der Waals surface area contributed by atoms with Crippen LogP contribution < -0.4 is 9.47 Å². The molecule has 0 atom stereocenters. The summed E-state index contributed by atoms with van der Waals surface area (Å²) in [6.45, 7) is 0.250. The number of phenolic OH excluding ortho intramolecular Hbond substituents is 1. The van der Waals surface area contributed by atoms with Crippen molar-refractivity contribution in [3.05, 3.63) is 58.2 Å². The number of para-hydroxylation sites is 1. The van der Waals surface area contributed by atoms with Gasteiger partial charge in [-0.2, -0.15) is 0 Å². The zero-order chi connectivity index (χ0) is 15.8. The minimum atomic E-state index is 0.182. The van der Waals surface area contributed by atoms with Crippen molar-refractivity contribution in [1.82, 2.24) is 4.98 Å². The third-order valence-electron chi connectivity index (χ3n) is 3.65. The Balaban J connectivity index is 1.70. The number of rotatable bonds is 2. The van der Waals surface area contributed by atoms with E-state index in [1.54, 1.807) is 12.1 Å². The Kier molecular flexibility index (Phi) is 3.42. The van der Waals surface area contributed by atoms with Gasteiger partial charge in [-0.25, -0.2) is 4.98 Å². The van der Waals surface area contributed by atoms with Crippen LogP contribution in [0.25, 0.3) is 23.1 Å². The average Bonchev–Trinajstić information content (AvgIpc) is 3.00. The predicted molar refractivity (Wildman–Crippen MR) is 92.6 cm³/mol. The number of fused-ring (bicyclic) bond motifs is 2. The van der Waals surface area contributed by atoms with E-state index in [-0.39, 0.29) is 12.5 Å². The maximum absolute atomic E-state index is 9.91. The van der Waals surface area contributed by atoms with E-state index in [0.717, 1.165) is 32.6 Å². The summed E-state index contributed by atoms with van der Waals surface area (Å²) in [5.41, 5.74) is 2.33. The maximum atomic E-state index is 9.91. The summed E-state index contributed by atoms with van der Waals surface area (Å²) >= 11 is 3.53. The summed E-state index contributed by atoms with van der Waals surface area (Å²) in [7, 11) is 0. The van der Waals surface area contributed by atoms with Crippen LogP contribution in [0.3, 0.4) is 0 Å². The Morgan fingerprint density at radius 2 is 1.87 bits per heavy atom. The van der Waals surface area contributed by atoms with Crippen LogP contribution in [-0.4, -0.2) is 16.9 Å². The quantitative estimate of drug-likeness (QED) is 0.716. The fraction of sp³-hybridized carbons (Fsp3) is 0.0556. The van der Waals surface area contributed by atoms with Crippen molar-refractivity contribution >= 4 is 39.0 Å². The summed E-state index contributed by atoms with van der Waals surface area (Å²) in [5, 5.41) is 10.8. The van der Waals surface area contributed by atoms with Gasteiger partial charge in [-0.3, -0.25) is 0 Å². The third kappa shape index (κ3) is 2.64. The topological polar surface area (TPSA) is 51.6 Å². The van der Waals surface area contributed by atoms with Gasteiger partial charge in [0.1, 0.15) is 11.3 Å². The Morgan fingerprint density at radius 1 is 1.04 bits per heavy atom. The predicted octanol–water partition coefficient (Wildman–Crippen LogP) is 4.60. The van der Waals surface area contributed by atoms with Gasteiger partial charge in [0.2, 0.25) is 6.79 Å². The van der Waals surface area contributed by atoms with Gasteiger partial charge in [-0.1, -0.05) is 40.2 Å². The monoisotopic (exact) mass is 369 g/mol. The van der Waals surface area contributed by atoms with Crippen LogP contribution in [0.4, 0.5) is 0 Å². The van der Waals surface area contributed by atoms with Crippen LogP contribution >= 0.6 is 15.9 Å². The Labute approximate surface area is 141 Å². The number of nitrogens with zero attached hydrogens (tertiary/aromatic N) is 1. The lowest BCUT2D eigenvalue weighted by molar-refractivity contribution is 0.174. The largest absolute Gasteiger partial charge is 0.506 e. The standard InChI is InChI=1S/C18H12BrNO3/c19-14-9-17-16(22-10-23-17)8-12(14)5-7-13-6-4-11-2-1-3-15(21)18(11)20-13/h1-9,21H,10H2/b7-5+. The van der Waals surface area contributed by atoms with Crippen LogP contribution in [0, 0.1) is 0 Å². The molecule has 0 saturated carbocycles. The van der Waals surface area contributed by atoms with E-state index in [4.69, 9.17) is 9.47 Å². The Morgan fingerprint density at radius 3 is 2.74 bits per heavy atom. The van der Waals surface area contributed by atoms with E-state index in [1.165, 1.54) is 0 Å². The van der Waals surface area contributed by atoms with E-state index in [1.807, 2.05) is 42.5 Å². The summed E-state index contributed by atoms with van der Waals surface area (Å²) in [6.07, 6.45) is 3.84. The van der Waals surface area contributed by atoms with Gasteiger partial charge >= 0.3 is 0 Å². The van der Waals surface area contributed by atoms with Gasteiger partial charge in [0.05, 0.1) is 5.69 Å². The van der Waals surface area contributed by atoms with Gasteiger partial charge < -0.3 is 14.6 Å². The summed E-state index contributed by atoms with van der Waals surface area (Å²) in [5.74, 6) is 1.65. The highest BCUT2D eigenvalue weighted by molar-refractivity contribution is 9.10. The molecule has 2 aromatic carbocycles. The van der Waals surface area contributed by atoms with Crippen LogP contribution in [-0.2, 0) is 0 Å². The molecule has 0 radical (unpaired) electrons. The molecule has 1 aliphatic rings. The SMILES string of the molecule is Oc1cccc2ccc(/C=C/c3cc4c(cc3Br)OCO4)nc12. The number of pyridine rings is 1. The van der Waals surface area contributed by atoms with Crippen molar-refractivity contribution in [3.8, 4) is 17.2 Å². The van der Waals surface area contributed by atoms with Crippen LogP contribution in [0.5, 0.6) is 17.2 Å². The van der Waals surface area contributed by atoms with Crippen LogP contribution in [0.15, 0.2) is 46.9 Å². The van der Waals surface area contributed by atoms with Crippen molar-refractivity contribution in [1.29, 1.82) is 0 Å². The molecule has 0 aliphatic carbocycles. The van der Waals surface area contributed by atoms with Crippen LogP contribution in [0.2, 0.25) is 0 Å². The second-order valence-corrected chi connectivity index (χ2v) is 6.00. The van der Waals surface area contributed by atoms with E-state index < -0.39 is 0 Å². The van der Waals surface area contributed by atoms with Crippen molar-refractivity contribution in [2.45, 2.75) is 0 Å². The number of hydrogen-bond donors (Lipinski definition) is 1. The number of benzene rings is 2. The molecule has 0 bridgehead atoms. The molecular formula is C18H12BrNO3. The zero-order valence-electron chi connectivity index (χ0n) is 12.0. The molecule has 0 amide bonds. The Hall–Kier alpha value is -2.53. The van der Waals surface area contributed by atoms with E-state index in [0.29, 0.717) is 5.52 Å². The van der Waals surface area contributed by atoms with Gasteiger partial charge in [-0.15, -0.1) is 0 Å². The molecule has 4 nitrogen and oxygen atoms in total. The first-order valence-corrected chi connectivity index (χ1v) is 7.86. The lowest BCUT2D eigenvalue weighted by atomic mass is 10.1. The third-order valence-corrected chi connectivity index (χ3v) is 4.33. The number of hydrogen-bond acceptors (Lipinski definition) is 4. The molecule has 23 heavy (non-hydrogen) atoms. The smallest absolute Gasteiger partial charge is 0.231 e. The zero-order valence-corrected chi connectivity index (χ0v) is 13.6. The number of ether oxygens (including phenoxy) is 2. The van der Waals surface area contributed by atoms with Crippen LogP contribution in [0.1, 0.15) is 11.3 Å². The van der Waals surface area contributed by atoms with E-state index in [2.05, 4.69) is 20.9 Å². The lowest BCUT2D eigenvalue weighted by Gasteiger charge is -2.03. The molecule has 0 unspecified atom stereocenters. The summed E-state index contributed by atoms with van der Waals surface area (Å²) in [4.78, 5) is 4.48. The van der Waals surface area contributed by atoms with E-state index in [9.17, 15) is 5.11 Å². The van der Waals surface area contributed by atoms with E-state index >= 15 is 0 Å². The number of halogens is 1. The molecule has 1 aliphatic heterocycles. The minimum Gasteiger partial charge on any atom is -0.506 e. The second kappa shape index (κ2) is 5.59. The number of phenols is 1. The fourth-order valence-corrected chi connectivity index (χ4v) is 2.93. The molecule has 1 N–H and O–H groups in total. The first-order chi connectivity index (χ1) is 11.2. The number of aromatic hydroxyl groups is 1. The molecule has 0 spiro atoms. The van der Waals surface area contributed by atoms with Crippen molar-refractivity contribution in [2.24, 2.45) is 0 Å². The van der Waals surface area contributed by atoms with Crippen molar-refractivity contribution in [2.75, 3.05) is 6.79 Å². The lowest BCUT2D eigenvalue weighted by Crippen LogP contribution is -1.92. The highest BCUT2D eigenvalue weighted by Crippen LogP contribution is 2.37. The normalized spacial score (nSPS) is 13.1. The second-order valence-electron chi connectivity index (χ2n) is 5.15. The fourth-order valence-electron chi connectivity index (χ4n) is 2.48. The minimum absolute atomic E-state index is 0.182. The molecule has 0 fully saturated rings. The van der Waals surface area contributed by atoms with Gasteiger partial charge in [0.15, 0.2) is 11.5 Å². The molecule has 5 heteroatoms. The molecule has 2 heterocycles. The first kappa shape index (κ1) is 14.1. The maximum Gasteiger partial charge on any atom is 0.231 e. The molecular weight excluding hydrogens is 358 g/mol. The molecule has 0 saturated heterocycles. The average molecular weight is 370 g/mol. The van der Waals surface area contributed by atoms with Gasteiger partial charge in [0, 0.05) is 9.86 Å². The van der Waals surface area contributed by atoms with Crippen molar-refractivity contribution in [3.63, 3.8) is 0 Å². The summed E-state index contributed by atoms with van der Waals surface area (Å²) in [6, 6.07) is 13.0. The highest BCUT2D eigenvalue weighted by Gasteiger charge is 2.15. The van der Waals surface area contributed by atoms with Crippen molar-refractivity contribution < 1.29 is 14.6 Å². The van der Waals surface area contributed by atoms with Gasteiger partial charge in [-0.05, 0) is 35.9 Å². The molecule has 3 aromatic rings. The molecule has 4 rings (SSSR count). The molecule has 114 valence electrons. The Bertz CT molecular complexity index is 937. The highest BCUT2D eigenvalue weighted by atomic mass is 79.9. The summed E-state index contributed by atoms with van der Waals surface area (Å²) < 4.78 is 11.7. The van der Waals surface area contributed by atoms with Gasteiger partial charge in [0.25, 0.3) is 0 Å².